The molecule has 1 fully saturated rings. The normalized spacial score (nSPS) is 23.9. The number of hydrogen-bond acceptors (Lipinski definition) is 4. The molecule has 0 spiro atoms. The molecule has 0 aliphatic carbocycles. The lowest BCUT2D eigenvalue weighted by Crippen LogP contribution is -2.20. The van der Waals surface area contributed by atoms with E-state index in [0.29, 0.717) is 24.0 Å². The van der Waals surface area contributed by atoms with Gasteiger partial charge in [0.25, 0.3) is 0 Å². The molecule has 2 N–H and O–H groups in total. The number of imidazole rings is 1. The van der Waals surface area contributed by atoms with Gasteiger partial charge in [0.15, 0.2) is 9.84 Å². The first kappa shape index (κ1) is 14.5. The Kier molecular flexibility index (Phi) is 4.30. The number of nitrogens with two attached hydrogens (primary N) is 1. The van der Waals surface area contributed by atoms with Crippen molar-refractivity contribution in [2.75, 3.05) is 11.5 Å². The first-order chi connectivity index (χ1) is 8.87. The molecule has 0 amide bonds. The van der Waals surface area contributed by atoms with E-state index < -0.39 is 9.84 Å². The lowest BCUT2D eigenvalue weighted by Gasteiger charge is -2.18. The van der Waals surface area contributed by atoms with Gasteiger partial charge in [-0.05, 0) is 24.7 Å². The van der Waals surface area contributed by atoms with Crippen LogP contribution in [0.4, 0.5) is 0 Å². The van der Waals surface area contributed by atoms with Crippen molar-refractivity contribution < 1.29 is 8.42 Å². The fraction of sp³-hybridized carbons (Fsp3) is 0.769. The zero-order valence-corrected chi connectivity index (χ0v) is 12.4. The van der Waals surface area contributed by atoms with Crippen LogP contribution in [0.2, 0.25) is 0 Å². The molecule has 1 saturated heterocycles. The molecule has 1 aliphatic heterocycles. The molecule has 0 saturated carbocycles. The summed E-state index contributed by atoms with van der Waals surface area (Å²) in [5, 5.41) is 0. The Labute approximate surface area is 115 Å². The highest BCUT2D eigenvalue weighted by Crippen LogP contribution is 2.23. The van der Waals surface area contributed by atoms with E-state index in [1.165, 1.54) is 0 Å². The quantitative estimate of drug-likeness (QED) is 0.886. The summed E-state index contributed by atoms with van der Waals surface area (Å²) in [5.41, 5.74) is 7.20. The van der Waals surface area contributed by atoms with Crippen LogP contribution in [0.5, 0.6) is 0 Å². The van der Waals surface area contributed by atoms with Gasteiger partial charge in [0.2, 0.25) is 0 Å². The third kappa shape index (κ3) is 3.79. The molecule has 1 aromatic heterocycles. The van der Waals surface area contributed by atoms with Crippen molar-refractivity contribution in [2.24, 2.45) is 17.6 Å². The van der Waals surface area contributed by atoms with E-state index >= 15 is 0 Å². The molecular formula is C13H23N3O2S. The van der Waals surface area contributed by atoms with Crippen LogP contribution in [0, 0.1) is 11.8 Å². The second kappa shape index (κ2) is 5.63. The number of sulfone groups is 1. The summed E-state index contributed by atoms with van der Waals surface area (Å²) < 4.78 is 25.0. The average molecular weight is 285 g/mol. The Morgan fingerprint density at radius 3 is 2.84 bits per heavy atom. The van der Waals surface area contributed by atoms with Crippen molar-refractivity contribution in [3.63, 3.8) is 0 Å². The van der Waals surface area contributed by atoms with Gasteiger partial charge in [-0.2, -0.15) is 0 Å². The van der Waals surface area contributed by atoms with Crippen molar-refractivity contribution in [3.8, 4) is 0 Å². The van der Waals surface area contributed by atoms with Crippen molar-refractivity contribution in [3.05, 3.63) is 18.2 Å². The maximum Gasteiger partial charge on any atom is 0.150 e. The molecule has 19 heavy (non-hydrogen) atoms. The van der Waals surface area contributed by atoms with Crippen molar-refractivity contribution in [1.29, 1.82) is 0 Å². The van der Waals surface area contributed by atoms with Crippen molar-refractivity contribution in [1.82, 2.24) is 9.55 Å². The average Bonchev–Trinajstić information content (AvgIpc) is 2.85. The predicted octanol–water partition coefficient (Wildman–Crippen LogP) is 1.36. The van der Waals surface area contributed by atoms with Crippen LogP contribution in [0.3, 0.4) is 0 Å². The smallest absolute Gasteiger partial charge is 0.150 e. The summed E-state index contributed by atoms with van der Waals surface area (Å²) in [6, 6.07) is -0.0273. The van der Waals surface area contributed by atoms with Crippen LogP contribution in [-0.4, -0.2) is 29.5 Å². The van der Waals surface area contributed by atoms with Gasteiger partial charge < -0.3 is 10.3 Å². The third-order valence-corrected chi connectivity index (χ3v) is 5.47. The SMILES string of the molecule is CC(C)CC(N)c1cncn1CC1CCS(=O)(=O)C1. The molecule has 2 rings (SSSR count). The van der Waals surface area contributed by atoms with Crippen molar-refractivity contribution in [2.45, 2.75) is 39.3 Å². The fourth-order valence-corrected chi connectivity index (χ4v) is 4.56. The van der Waals surface area contributed by atoms with Gasteiger partial charge in [-0.1, -0.05) is 13.8 Å². The minimum absolute atomic E-state index is 0.0273. The van der Waals surface area contributed by atoms with E-state index in [2.05, 4.69) is 18.8 Å². The molecule has 108 valence electrons. The predicted molar refractivity (Wildman–Crippen MR) is 75.4 cm³/mol. The highest BCUT2D eigenvalue weighted by molar-refractivity contribution is 7.91. The molecule has 2 heterocycles. The summed E-state index contributed by atoms with van der Waals surface area (Å²) in [7, 11) is -2.82. The zero-order chi connectivity index (χ0) is 14.0. The Morgan fingerprint density at radius 2 is 2.26 bits per heavy atom. The minimum Gasteiger partial charge on any atom is -0.333 e. The van der Waals surface area contributed by atoms with Crippen LogP contribution in [-0.2, 0) is 16.4 Å². The van der Waals surface area contributed by atoms with Gasteiger partial charge >= 0.3 is 0 Å². The van der Waals surface area contributed by atoms with Gasteiger partial charge in [-0.25, -0.2) is 13.4 Å². The van der Waals surface area contributed by atoms with E-state index in [1.54, 1.807) is 12.5 Å². The summed E-state index contributed by atoms with van der Waals surface area (Å²) in [6.07, 6.45) is 5.23. The molecule has 6 heteroatoms. The summed E-state index contributed by atoms with van der Waals surface area (Å²) in [5.74, 6) is 1.35. The van der Waals surface area contributed by atoms with E-state index in [0.717, 1.165) is 18.5 Å². The fourth-order valence-electron chi connectivity index (χ4n) is 2.72. The molecule has 2 unspecified atom stereocenters. The summed E-state index contributed by atoms with van der Waals surface area (Å²) in [6.45, 7) is 4.99. The van der Waals surface area contributed by atoms with E-state index in [-0.39, 0.29) is 12.0 Å². The van der Waals surface area contributed by atoms with Crippen LogP contribution < -0.4 is 5.73 Å². The number of hydrogen-bond donors (Lipinski definition) is 1. The molecular weight excluding hydrogens is 262 g/mol. The summed E-state index contributed by atoms with van der Waals surface area (Å²) >= 11 is 0. The third-order valence-electron chi connectivity index (χ3n) is 3.63. The van der Waals surface area contributed by atoms with E-state index in [4.69, 9.17) is 5.73 Å². The first-order valence-electron chi connectivity index (χ1n) is 6.83. The largest absolute Gasteiger partial charge is 0.333 e. The van der Waals surface area contributed by atoms with Crippen LogP contribution in [0.15, 0.2) is 12.5 Å². The number of aromatic nitrogens is 2. The Bertz CT molecular complexity index is 522. The van der Waals surface area contributed by atoms with Crippen LogP contribution in [0.1, 0.15) is 38.4 Å². The van der Waals surface area contributed by atoms with Crippen molar-refractivity contribution >= 4 is 9.84 Å². The number of rotatable bonds is 5. The van der Waals surface area contributed by atoms with E-state index in [1.807, 2.05) is 4.57 Å². The molecule has 0 radical (unpaired) electrons. The standard InChI is InChI=1S/C13H23N3O2S/c1-10(2)5-12(14)13-6-15-9-16(13)7-11-3-4-19(17,18)8-11/h6,9-12H,3-5,7-8,14H2,1-2H3. The van der Waals surface area contributed by atoms with Gasteiger partial charge in [0.05, 0.1) is 23.5 Å². The zero-order valence-electron chi connectivity index (χ0n) is 11.6. The van der Waals surface area contributed by atoms with Crippen LogP contribution in [0.25, 0.3) is 0 Å². The monoisotopic (exact) mass is 285 g/mol. The maximum absolute atomic E-state index is 11.5. The Balaban J connectivity index is 2.04. The van der Waals surface area contributed by atoms with Gasteiger partial charge in [0, 0.05) is 18.8 Å². The topological polar surface area (TPSA) is 78.0 Å². The molecule has 1 aliphatic rings. The maximum atomic E-state index is 11.5. The first-order valence-corrected chi connectivity index (χ1v) is 8.65. The Morgan fingerprint density at radius 1 is 1.53 bits per heavy atom. The van der Waals surface area contributed by atoms with Gasteiger partial charge in [0.1, 0.15) is 0 Å². The lowest BCUT2D eigenvalue weighted by atomic mass is 10.0. The molecule has 0 bridgehead atoms. The van der Waals surface area contributed by atoms with Gasteiger partial charge in [-0.3, -0.25) is 0 Å². The lowest BCUT2D eigenvalue weighted by molar-refractivity contribution is 0.443. The summed E-state index contributed by atoms with van der Waals surface area (Å²) in [4.78, 5) is 4.16. The second-order valence-electron chi connectivity index (χ2n) is 5.98. The van der Waals surface area contributed by atoms with Gasteiger partial charge in [-0.15, -0.1) is 0 Å². The molecule has 0 aromatic carbocycles. The highest BCUT2D eigenvalue weighted by atomic mass is 32.2. The molecule has 1 aromatic rings. The van der Waals surface area contributed by atoms with Crippen LogP contribution >= 0.6 is 0 Å². The second-order valence-corrected chi connectivity index (χ2v) is 8.20. The minimum atomic E-state index is -2.82. The highest BCUT2D eigenvalue weighted by Gasteiger charge is 2.28. The molecule has 5 nitrogen and oxygen atoms in total. The molecule has 2 atom stereocenters. The number of nitrogens with zero attached hydrogens (tertiary/aromatic N) is 2. The Hall–Kier alpha value is -0.880. The van der Waals surface area contributed by atoms with E-state index in [9.17, 15) is 8.42 Å².